The first-order chi connectivity index (χ1) is 13.0. The number of pyridine rings is 1. The molecule has 27 heavy (non-hydrogen) atoms. The number of aryl methyl sites for hydroxylation is 3. The van der Waals surface area contributed by atoms with E-state index in [1.165, 1.54) is 22.9 Å². The summed E-state index contributed by atoms with van der Waals surface area (Å²) < 4.78 is 3.26. The first kappa shape index (κ1) is 17.4. The lowest BCUT2D eigenvalue weighted by Gasteiger charge is -2.07. The van der Waals surface area contributed by atoms with Crippen molar-refractivity contribution in [2.75, 3.05) is 0 Å². The molecular formula is C19H18N6OS. The van der Waals surface area contributed by atoms with Gasteiger partial charge in [0.15, 0.2) is 0 Å². The van der Waals surface area contributed by atoms with Gasteiger partial charge in [-0.3, -0.25) is 9.20 Å². The molecule has 0 radical (unpaired) electrons. The van der Waals surface area contributed by atoms with Crippen LogP contribution in [0.25, 0.3) is 11.3 Å². The first-order valence-electron chi connectivity index (χ1n) is 8.49. The van der Waals surface area contributed by atoms with Crippen LogP contribution < -0.4 is 5.56 Å². The van der Waals surface area contributed by atoms with Crippen molar-refractivity contribution >= 4 is 17.4 Å². The van der Waals surface area contributed by atoms with Crippen LogP contribution in [0.2, 0.25) is 0 Å². The van der Waals surface area contributed by atoms with Gasteiger partial charge in [0, 0.05) is 18.0 Å². The van der Waals surface area contributed by atoms with Gasteiger partial charge in [0.2, 0.25) is 5.16 Å². The number of benzene rings is 1. The topological polar surface area (TPSA) is 78.0 Å². The van der Waals surface area contributed by atoms with E-state index in [1.54, 1.807) is 21.3 Å². The van der Waals surface area contributed by atoms with E-state index in [2.05, 4.69) is 46.5 Å². The van der Waals surface area contributed by atoms with E-state index in [1.807, 2.05) is 25.1 Å². The number of tetrazole rings is 1. The Morgan fingerprint density at radius 2 is 1.89 bits per heavy atom. The van der Waals surface area contributed by atoms with Crippen LogP contribution in [0.15, 0.2) is 52.5 Å². The molecule has 0 fully saturated rings. The molecule has 8 heteroatoms. The fourth-order valence-electron chi connectivity index (χ4n) is 2.76. The van der Waals surface area contributed by atoms with Crippen molar-refractivity contribution in [2.24, 2.45) is 0 Å². The summed E-state index contributed by atoms with van der Waals surface area (Å²) in [6, 6.07) is 11.5. The average Bonchev–Trinajstić information content (AvgIpc) is 3.11. The van der Waals surface area contributed by atoms with Crippen molar-refractivity contribution in [1.82, 2.24) is 29.6 Å². The van der Waals surface area contributed by atoms with Crippen LogP contribution in [-0.2, 0) is 5.75 Å². The molecule has 0 spiro atoms. The number of fused-ring (bicyclic) bond motifs is 1. The molecular weight excluding hydrogens is 360 g/mol. The molecule has 0 amide bonds. The van der Waals surface area contributed by atoms with Crippen LogP contribution in [0, 0.1) is 20.8 Å². The molecule has 7 nitrogen and oxygen atoms in total. The normalized spacial score (nSPS) is 11.2. The maximum Gasteiger partial charge on any atom is 0.258 e. The molecule has 0 saturated carbocycles. The lowest BCUT2D eigenvalue weighted by Crippen LogP contribution is -2.15. The van der Waals surface area contributed by atoms with Gasteiger partial charge in [-0.1, -0.05) is 23.9 Å². The van der Waals surface area contributed by atoms with Crippen LogP contribution in [0.3, 0.4) is 0 Å². The minimum absolute atomic E-state index is 0.0898. The Bertz CT molecular complexity index is 1200. The maximum atomic E-state index is 12.3. The Kier molecular flexibility index (Phi) is 4.49. The second-order valence-electron chi connectivity index (χ2n) is 6.45. The minimum atomic E-state index is -0.0898. The molecule has 4 aromatic rings. The van der Waals surface area contributed by atoms with Gasteiger partial charge in [-0.25, -0.2) is 4.98 Å². The van der Waals surface area contributed by atoms with Crippen molar-refractivity contribution in [3.05, 3.63) is 75.3 Å². The third-order valence-electron chi connectivity index (χ3n) is 4.39. The van der Waals surface area contributed by atoms with Gasteiger partial charge in [-0.2, -0.15) is 4.68 Å². The van der Waals surface area contributed by atoms with E-state index in [9.17, 15) is 4.79 Å². The second-order valence-corrected chi connectivity index (χ2v) is 7.39. The summed E-state index contributed by atoms with van der Waals surface area (Å²) in [5.41, 5.74) is 5.57. The summed E-state index contributed by atoms with van der Waals surface area (Å²) in [6.07, 6.45) is 1.79. The summed E-state index contributed by atoms with van der Waals surface area (Å²) in [6.45, 7) is 6.08. The van der Waals surface area contributed by atoms with E-state index in [-0.39, 0.29) is 5.56 Å². The highest BCUT2D eigenvalue weighted by Gasteiger charge is 2.11. The predicted octanol–water partition coefficient (Wildman–Crippen LogP) is 2.89. The third-order valence-corrected chi connectivity index (χ3v) is 5.34. The number of hydrogen-bond donors (Lipinski definition) is 0. The van der Waals surface area contributed by atoms with Crippen LogP contribution in [-0.4, -0.2) is 29.6 Å². The molecule has 0 N–H and O–H groups in total. The molecule has 136 valence electrons. The highest BCUT2D eigenvalue weighted by Crippen LogP contribution is 2.22. The van der Waals surface area contributed by atoms with Crippen molar-refractivity contribution < 1.29 is 0 Å². The Morgan fingerprint density at radius 1 is 1.04 bits per heavy atom. The molecule has 0 bridgehead atoms. The highest BCUT2D eigenvalue weighted by atomic mass is 32.2. The monoisotopic (exact) mass is 378 g/mol. The SMILES string of the molecule is Cc1ccc2nc(CSc3nnnn3-c3ccc(C)c(C)c3)cc(=O)n2c1. The Morgan fingerprint density at radius 3 is 2.70 bits per heavy atom. The van der Waals surface area contributed by atoms with E-state index in [0.717, 1.165) is 11.3 Å². The first-order valence-corrected chi connectivity index (χ1v) is 9.47. The average molecular weight is 378 g/mol. The summed E-state index contributed by atoms with van der Waals surface area (Å²) in [5, 5.41) is 12.7. The molecule has 0 atom stereocenters. The van der Waals surface area contributed by atoms with Gasteiger partial charge in [-0.15, -0.1) is 5.10 Å². The van der Waals surface area contributed by atoms with Crippen LogP contribution in [0.1, 0.15) is 22.4 Å². The van der Waals surface area contributed by atoms with Gasteiger partial charge in [0.25, 0.3) is 5.56 Å². The van der Waals surface area contributed by atoms with Crippen LogP contribution in [0.4, 0.5) is 0 Å². The number of hydrogen-bond acceptors (Lipinski definition) is 6. The minimum Gasteiger partial charge on any atom is -0.269 e. The largest absolute Gasteiger partial charge is 0.269 e. The van der Waals surface area contributed by atoms with Crippen LogP contribution >= 0.6 is 11.8 Å². The lowest BCUT2D eigenvalue weighted by molar-refractivity contribution is 0.755. The lowest BCUT2D eigenvalue weighted by atomic mass is 10.1. The quantitative estimate of drug-likeness (QED) is 0.508. The van der Waals surface area contributed by atoms with Gasteiger partial charge in [-0.05, 0) is 66.1 Å². The maximum absolute atomic E-state index is 12.3. The van der Waals surface area contributed by atoms with E-state index >= 15 is 0 Å². The zero-order valence-electron chi connectivity index (χ0n) is 15.2. The molecule has 3 aromatic heterocycles. The highest BCUT2D eigenvalue weighted by molar-refractivity contribution is 7.98. The molecule has 3 heterocycles. The molecule has 0 aliphatic carbocycles. The molecule has 0 aliphatic heterocycles. The van der Waals surface area contributed by atoms with Crippen molar-refractivity contribution in [3.8, 4) is 5.69 Å². The van der Waals surface area contributed by atoms with Crippen molar-refractivity contribution in [2.45, 2.75) is 31.7 Å². The molecule has 1 aromatic carbocycles. The predicted molar refractivity (Wildman–Crippen MR) is 104 cm³/mol. The van der Waals surface area contributed by atoms with Gasteiger partial charge in [0.1, 0.15) is 5.65 Å². The van der Waals surface area contributed by atoms with Gasteiger partial charge < -0.3 is 0 Å². The third kappa shape index (κ3) is 3.48. The summed E-state index contributed by atoms with van der Waals surface area (Å²) in [4.78, 5) is 16.9. The smallest absolute Gasteiger partial charge is 0.258 e. The summed E-state index contributed by atoms with van der Waals surface area (Å²) in [5.74, 6) is 0.505. The Labute approximate surface area is 160 Å². The summed E-state index contributed by atoms with van der Waals surface area (Å²) >= 11 is 1.45. The standard InChI is InChI=1S/C19H18N6OS/c1-12-4-7-17-20-15(9-18(26)24(17)10-12)11-27-19-21-22-23-25(19)16-6-5-13(2)14(3)8-16/h4-10H,11H2,1-3H3. The van der Waals surface area contributed by atoms with Crippen LogP contribution in [0.5, 0.6) is 0 Å². The van der Waals surface area contributed by atoms with E-state index in [4.69, 9.17) is 0 Å². The number of aromatic nitrogens is 6. The Balaban J connectivity index is 1.61. The van der Waals surface area contributed by atoms with Crippen molar-refractivity contribution in [1.29, 1.82) is 0 Å². The molecule has 0 saturated heterocycles. The van der Waals surface area contributed by atoms with Crippen molar-refractivity contribution in [3.63, 3.8) is 0 Å². The summed E-state index contributed by atoms with van der Waals surface area (Å²) in [7, 11) is 0. The number of thioether (sulfide) groups is 1. The number of nitrogens with zero attached hydrogens (tertiary/aromatic N) is 6. The molecule has 4 rings (SSSR count). The number of rotatable bonds is 4. The van der Waals surface area contributed by atoms with Gasteiger partial charge in [0.05, 0.1) is 11.4 Å². The second kappa shape index (κ2) is 6.96. The molecule has 0 aliphatic rings. The fourth-order valence-corrected chi connectivity index (χ4v) is 3.54. The van der Waals surface area contributed by atoms with E-state index in [0.29, 0.717) is 22.3 Å². The Hall–Kier alpha value is -3.00. The van der Waals surface area contributed by atoms with Gasteiger partial charge >= 0.3 is 0 Å². The van der Waals surface area contributed by atoms with E-state index < -0.39 is 0 Å². The molecule has 0 unspecified atom stereocenters. The zero-order valence-corrected chi connectivity index (χ0v) is 16.1. The fraction of sp³-hybridized carbons (Fsp3) is 0.211. The zero-order chi connectivity index (χ0) is 19.0.